The molecule has 0 aromatic carbocycles. The second-order valence-electron chi connectivity index (χ2n) is 18.0. The first-order chi connectivity index (χ1) is 38.0. The number of aliphatic carboxylic acids is 3. The summed E-state index contributed by atoms with van der Waals surface area (Å²) in [7, 11) is -28.9. The van der Waals surface area contributed by atoms with Gasteiger partial charge in [0.25, 0.3) is 0 Å². The highest BCUT2D eigenvalue weighted by molar-refractivity contribution is 7.81. The Morgan fingerprint density at radius 1 is 0.446 bits per heavy atom. The largest absolute Gasteiger partial charge is 0.481 e. The zero-order chi connectivity index (χ0) is 62.8. The Morgan fingerprint density at radius 3 is 1.14 bits per heavy atom. The smallest absolute Gasteiger partial charge is 0.397 e. The van der Waals surface area contributed by atoms with E-state index in [0.717, 1.165) is 6.92 Å². The monoisotopic (exact) mass is 1320 g/mol. The van der Waals surface area contributed by atoms with Gasteiger partial charge in [-0.05, 0) is 0 Å². The third-order valence-electron chi connectivity index (χ3n) is 12.1. The molecule has 0 aromatic heterocycles. The van der Waals surface area contributed by atoms with Crippen LogP contribution >= 0.6 is 0 Å². The fourth-order valence-corrected chi connectivity index (χ4v) is 10.9. The predicted molar refractivity (Wildman–Crippen MR) is 243 cm³/mol. The normalized spacial score (nSPS) is 38.6. The minimum Gasteiger partial charge on any atom is -0.481 e. The third kappa shape index (κ3) is 19.3. The molecule has 5 aliphatic heterocycles. The lowest BCUT2D eigenvalue weighted by Crippen LogP contribution is -2.71. The summed E-state index contributed by atoms with van der Waals surface area (Å²) in [5.74, 6) is -10.1. The second kappa shape index (κ2) is 27.5. The van der Waals surface area contributed by atoms with Crippen molar-refractivity contribution < 1.29 is 188 Å². The van der Waals surface area contributed by atoms with Gasteiger partial charge in [-0.15, -0.1) is 0 Å². The number of aliphatic hydroxyl groups is 5. The van der Waals surface area contributed by atoms with Gasteiger partial charge < -0.3 is 94.7 Å². The lowest BCUT2D eigenvalue weighted by Gasteiger charge is -2.50. The molecule has 0 radical (unpaired) electrons. The van der Waals surface area contributed by atoms with Crippen molar-refractivity contribution in [2.75, 3.05) is 26.3 Å². The number of ether oxygens (including phenoxy) is 8. The molecule has 2 amide bonds. The zero-order valence-corrected chi connectivity index (χ0v) is 45.5. The Labute approximate surface area is 465 Å². The van der Waals surface area contributed by atoms with Crippen molar-refractivity contribution in [1.82, 2.24) is 16.0 Å². The van der Waals surface area contributed by atoms with Crippen molar-refractivity contribution in [2.24, 2.45) is 5.92 Å². The Kier molecular flexibility index (Phi) is 23.1. The Hall–Kier alpha value is -3.86. The van der Waals surface area contributed by atoms with Crippen LogP contribution in [0.1, 0.15) is 13.8 Å². The van der Waals surface area contributed by atoms with Crippen molar-refractivity contribution >= 4 is 81.7 Å². The van der Waals surface area contributed by atoms with Gasteiger partial charge in [0.05, 0.1) is 25.2 Å². The number of rotatable bonds is 25. The molecule has 5 fully saturated rings. The summed E-state index contributed by atoms with van der Waals surface area (Å²) < 4.78 is 232. The molecule has 0 saturated carbocycles. The Bertz CT molecular complexity index is 2920. The highest BCUT2D eigenvalue weighted by Gasteiger charge is 2.60. The maximum Gasteiger partial charge on any atom is 0.397 e. The van der Waals surface area contributed by atoms with E-state index in [-0.39, 0.29) is 13.1 Å². The number of nitrogens with one attached hydrogen (secondary N) is 3. The van der Waals surface area contributed by atoms with Crippen molar-refractivity contribution in [3.63, 3.8) is 0 Å². The van der Waals surface area contributed by atoms with E-state index in [9.17, 15) is 130 Å². The molecule has 49 heteroatoms. The molecular formula is C34H53N3O41S5. The number of carbonyl (C=O) groups is 5. The molecule has 44 nitrogen and oxygen atoms in total. The minimum absolute atomic E-state index is 0.320. The third-order valence-corrected chi connectivity index (χ3v) is 14.3. The highest BCUT2D eigenvalue weighted by atomic mass is 32.3. The van der Waals surface area contributed by atoms with Crippen LogP contribution < -0.4 is 16.0 Å². The van der Waals surface area contributed by atoms with Gasteiger partial charge >= 0.3 is 69.9 Å². The van der Waals surface area contributed by atoms with Crippen LogP contribution in [0.4, 0.5) is 0 Å². The van der Waals surface area contributed by atoms with E-state index in [4.69, 9.17) is 37.9 Å². The molecule has 0 unspecified atom stereocenters. The number of carbonyl (C=O) groups excluding carboxylic acids is 2. The molecule has 23 atom stereocenters. The minimum atomic E-state index is -6.01. The summed E-state index contributed by atoms with van der Waals surface area (Å²) in [6.07, 6.45) is -52.9. The van der Waals surface area contributed by atoms with Crippen molar-refractivity contribution in [3.8, 4) is 0 Å². The Balaban J connectivity index is 1.56. The summed E-state index contributed by atoms with van der Waals surface area (Å²) in [6, 6.07) is -4.50. The molecule has 5 saturated heterocycles. The maximum absolute atomic E-state index is 13.0. The standard InChI is InChI=1S/C34H53N3O41S5/c1-7(38)36-13-15(41)20(11(5-66-79(51,52)53)68-31(13)70-19-9(28(45)46)3-35-4-10(19)40)71-33-24(77-82(60,61)62)17(43)22(26(74-33)29(47)48)73-32-14(37-8(2)39)16(42)21(12(69-32)6-67-80(54,55)56)72-34-25(78-83(63,64)65)18(44)23(76-81(57,58)59)27(75-34)30(49)50/h9-27,31-35,40-44H,3-6H2,1-2H3,(H,36,38)(H,37,39)(H,45,46)(H,47,48)(H,49,50)(H,51,52,53)(H,54,55,56)(H,57,58,59)(H,60,61,62)(H,63,64,65)/t9-,10+,11+,12+,13+,14+,15+,16+,17-,18-,19+,20+,21+,22-,23-,24+,25+,26+,27+,31+,32+,33+,34+/m0/s1. The lowest BCUT2D eigenvalue weighted by molar-refractivity contribution is -0.369. The molecular weight excluding hydrogens is 1270 g/mol. The van der Waals surface area contributed by atoms with Gasteiger partial charge in [-0.3, -0.25) is 37.1 Å². The van der Waals surface area contributed by atoms with Gasteiger partial charge in [0.2, 0.25) is 11.8 Å². The summed E-state index contributed by atoms with van der Waals surface area (Å²) >= 11 is 0. The number of β-amino-alcohol motifs (C(OH)–C–C–N with tert-alkyl or cyclic N) is 1. The molecule has 83 heavy (non-hydrogen) atoms. The van der Waals surface area contributed by atoms with Crippen molar-refractivity contribution in [1.29, 1.82) is 0 Å². The van der Waals surface area contributed by atoms with Crippen LogP contribution in [0.3, 0.4) is 0 Å². The quantitative estimate of drug-likeness (QED) is 0.0377. The van der Waals surface area contributed by atoms with E-state index < -0.39 is 236 Å². The van der Waals surface area contributed by atoms with Gasteiger partial charge in [0.1, 0.15) is 79.2 Å². The topological polar surface area (TPSA) is 675 Å². The number of hydrogen-bond acceptors (Lipinski definition) is 34. The average molecular weight is 1320 g/mol. The number of piperidine rings is 1. The van der Waals surface area contributed by atoms with Crippen molar-refractivity contribution in [3.05, 3.63) is 0 Å². The van der Waals surface area contributed by atoms with Crippen molar-refractivity contribution in [2.45, 2.75) is 149 Å². The fraction of sp³-hybridized carbons (Fsp3) is 0.853. The number of hydrogen-bond donors (Lipinski definition) is 16. The molecule has 0 spiro atoms. The van der Waals surface area contributed by atoms with Crippen LogP contribution in [0.15, 0.2) is 0 Å². The van der Waals surface area contributed by atoms with Gasteiger partial charge in [-0.1, -0.05) is 0 Å². The van der Waals surface area contributed by atoms with E-state index >= 15 is 0 Å². The van der Waals surface area contributed by atoms with E-state index in [0.29, 0.717) is 6.92 Å². The van der Waals surface area contributed by atoms with Crippen LogP contribution in [-0.2, 0) is 135 Å². The molecule has 16 N–H and O–H groups in total. The number of carboxylic acids is 3. The summed E-state index contributed by atoms with van der Waals surface area (Å²) in [5, 5.41) is 93.9. The Morgan fingerprint density at radius 2 is 0.795 bits per heavy atom. The van der Waals surface area contributed by atoms with E-state index in [2.05, 4.69) is 31.5 Å². The maximum atomic E-state index is 13.0. The number of aliphatic hydroxyl groups excluding tert-OH is 5. The highest BCUT2D eigenvalue weighted by Crippen LogP contribution is 2.38. The van der Waals surface area contributed by atoms with Crippen LogP contribution in [0.5, 0.6) is 0 Å². The average Bonchev–Trinajstić information content (AvgIpc) is 3.43. The van der Waals surface area contributed by atoms with Gasteiger partial charge in [0.15, 0.2) is 49.6 Å². The zero-order valence-electron chi connectivity index (χ0n) is 41.4. The molecule has 0 aliphatic carbocycles. The molecule has 0 bridgehead atoms. The summed E-state index contributed by atoms with van der Waals surface area (Å²) in [4.78, 5) is 62.5. The molecule has 0 aromatic rings. The first kappa shape index (κ1) is 69.9. The SMILES string of the molecule is CC(=O)N[C@H]1[C@@H](O[C@H]2[C@H](O)CNC[C@@H]2C(=O)O)O[C@H](COS(=O)(=O)O)[C@@H](O[C@@H]2O[C@@H](C(=O)O)[C@@H](O[C@H]3O[C@H](COS(=O)(=O)O)[C@@H](O[C@@H]4O[C@@H](C(=O)O)[C@@H](OS(=O)(=O)O)[C@H](O)[C@H]4OS(=O)(=O)O)[C@H](O)[C@H]3NC(C)=O)[C@H](O)[C@H]2OS(=O)(=O)O)[C@@H]1O. The fourth-order valence-electron chi connectivity index (χ4n) is 8.83. The lowest BCUT2D eigenvalue weighted by atomic mass is 9.92. The number of amides is 2. The number of carboxylic acid groups (broad SMARTS) is 3. The van der Waals surface area contributed by atoms with Crippen LogP contribution in [0, 0.1) is 5.92 Å². The van der Waals surface area contributed by atoms with E-state index in [1.165, 1.54) is 0 Å². The predicted octanol–water partition coefficient (Wildman–Crippen LogP) is -11.1. The van der Waals surface area contributed by atoms with Crippen LogP contribution in [-0.4, -0.2) is 297 Å². The van der Waals surface area contributed by atoms with Crippen LogP contribution in [0.2, 0.25) is 0 Å². The van der Waals surface area contributed by atoms with Gasteiger partial charge in [-0.25, -0.2) is 30.5 Å². The van der Waals surface area contributed by atoms with Crippen LogP contribution in [0.25, 0.3) is 0 Å². The van der Waals surface area contributed by atoms with E-state index in [1.807, 2.05) is 5.32 Å². The summed E-state index contributed by atoms with van der Waals surface area (Å²) in [6.45, 7) is -2.39. The first-order valence-electron chi connectivity index (χ1n) is 22.7. The molecule has 5 rings (SSSR count). The van der Waals surface area contributed by atoms with Gasteiger partial charge in [0, 0.05) is 26.9 Å². The van der Waals surface area contributed by atoms with Gasteiger partial charge in [-0.2, -0.15) is 42.1 Å². The first-order valence-corrected chi connectivity index (χ1v) is 29.6. The molecule has 5 heterocycles. The van der Waals surface area contributed by atoms with E-state index in [1.54, 1.807) is 0 Å². The summed E-state index contributed by atoms with van der Waals surface area (Å²) in [5.41, 5.74) is 0. The molecule has 5 aliphatic rings. The second-order valence-corrected chi connectivity index (χ2v) is 23.3. The molecule has 480 valence electrons.